The molecule has 0 atom stereocenters. The minimum absolute atomic E-state index is 0.134. The second kappa shape index (κ2) is 7.71. The molecule has 76 valence electrons. The highest BCUT2D eigenvalue weighted by Gasteiger charge is 2.08. The monoisotopic (exact) mass is 190 g/mol. The van der Waals surface area contributed by atoms with Crippen LogP contribution in [0.4, 0.5) is 4.39 Å². The van der Waals surface area contributed by atoms with E-state index >= 15 is 0 Å². The van der Waals surface area contributed by atoms with Crippen molar-refractivity contribution in [2.45, 2.75) is 32.1 Å². The lowest BCUT2D eigenvalue weighted by Crippen LogP contribution is -2.08. The molecule has 0 heterocycles. The Balaban J connectivity index is 3.35. The fourth-order valence-corrected chi connectivity index (χ4v) is 0.915. The fraction of sp³-hybridized carbons (Fsp3) is 0.778. The molecule has 0 saturated heterocycles. The van der Waals surface area contributed by atoms with Gasteiger partial charge >= 0.3 is 5.97 Å². The van der Waals surface area contributed by atoms with Crippen LogP contribution in [0.2, 0.25) is 0 Å². The Morgan fingerprint density at radius 3 is 2.46 bits per heavy atom. The number of ketones is 1. The van der Waals surface area contributed by atoms with Gasteiger partial charge in [-0.2, -0.15) is 0 Å². The fourth-order valence-electron chi connectivity index (χ4n) is 0.915. The molecule has 0 aliphatic heterocycles. The smallest absolute Gasteiger partial charge is 0.313 e. The Bertz CT molecular complexity index is 168. The molecule has 0 aromatic rings. The third-order valence-electron chi connectivity index (χ3n) is 1.66. The normalized spacial score (nSPS) is 9.69. The van der Waals surface area contributed by atoms with E-state index in [9.17, 15) is 14.0 Å². The number of carbonyl (C=O) groups excluding carboxylic acids is 2. The highest BCUT2D eigenvalue weighted by atomic mass is 19.1. The molecular weight excluding hydrogens is 175 g/mol. The van der Waals surface area contributed by atoms with Crippen LogP contribution in [0.5, 0.6) is 0 Å². The van der Waals surface area contributed by atoms with Crippen LogP contribution in [0.25, 0.3) is 0 Å². The Labute approximate surface area is 77.3 Å². The van der Waals surface area contributed by atoms with E-state index in [-0.39, 0.29) is 18.9 Å². The third-order valence-corrected chi connectivity index (χ3v) is 1.66. The number of carbonyl (C=O) groups is 2. The zero-order valence-corrected chi connectivity index (χ0v) is 7.85. The summed E-state index contributed by atoms with van der Waals surface area (Å²) in [7, 11) is 1.25. The van der Waals surface area contributed by atoms with E-state index in [4.69, 9.17) is 0 Å². The highest BCUT2D eigenvalue weighted by molar-refractivity contribution is 5.95. The van der Waals surface area contributed by atoms with Crippen LogP contribution in [0.15, 0.2) is 0 Å². The number of hydrogen-bond donors (Lipinski definition) is 0. The first-order valence-corrected chi connectivity index (χ1v) is 4.35. The first-order chi connectivity index (χ1) is 6.20. The van der Waals surface area contributed by atoms with Gasteiger partial charge in [-0.1, -0.05) is 6.42 Å². The summed E-state index contributed by atoms with van der Waals surface area (Å²) in [4.78, 5) is 21.6. The zero-order chi connectivity index (χ0) is 10.1. The topological polar surface area (TPSA) is 43.4 Å². The molecule has 0 fully saturated rings. The van der Waals surface area contributed by atoms with Crippen LogP contribution in [0.3, 0.4) is 0 Å². The number of esters is 1. The van der Waals surface area contributed by atoms with Crippen molar-refractivity contribution in [3.8, 4) is 0 Å². The maximum atomic E-state index is 11.6. The van der Waals surface area contributed by atoms with Crippen molar-refractivity contribution < 1.29 is 18.7 Å². The number of alkyl halides is 1. The van der Waals surface area contributed by atoms with Crippen molar-refractivity contribution >= 4 is 11.8 Å². The van der Waals surface area contributed by atoms with Gasteiger partial charge in [0.25, 0.3) is 0 Å². The van der Waals surface area contributed by atoms with Crippen molar-refractivity contribution in [3.05, 3.63) is 0 Å². The van der Waals surface area contributed by atoms with Gasteiger partial charge in [-0.25, -0.2) is 0 Å². The molecule has 0 aliphatic carbocycles. The molecule has 0 N–H and O–H groups in total. The van der Waals surface area contributed by atoms with Gasteiger partial charge in [0.15, 0.2) is 0 Å². The quantitative estimate of drug-likeness (QED) is 0.348. The van der Waals surface area contributed by atoms with Crippen LogP contribution in [0.1, 0.15) is 32.1 Å². The van der Waals surface area contributed by atoms with Gasteiger partial charge in [-0.05, 0) is 12.8 Å². The summed E-state index contributed by atoms with van der Waals surface area (Å²) in [6.45, 7) is -0.342. The van der Waals surface area contributed by atoms with E-state index in [1.54, 1.807) is 0 Å². The average Bonchev–Trinajstić information content (AvgIpc) is 2.12. The van der Waals surface area contributed by atoms with Crippen LogP contribution in [-0.2, 0) is 14.3 Å². The molecule has 0 aliphatic rings. The summed E-state index contributed by atoms with van der Waals surface area (Å²) in [6.07, 6.45) is 2.02. The molecule has 0 bridgehead atoms. The minimum atomic E-state index is -0.504. The summed E-state index contributed by atoms with van der Waals surface area (Å²) in [5, 5.41) is 0. The standard InChI is InChI=1S/C9H15FO3/c1-13-9(12)7-8(11)5-3-2-4-6-10/h2-7H2,1H3. The average molecular weight is 190 g/mol. The Hall–Kier alpha value is -0.930. The lowest BCUT2D eigenvalue weighted by atomic mass is 10.1. The van der Waals surface area contributed by atoms with E-state index < -0.39 is 5.97 Å². The maximum absolute atomic E-state index is 11.6. The van der Waals surface area contributed by atoms with Crippen molar-refractivity contribution in [1.82, 2.24) is 0 Å². The van der Waals surface area contributed by atoms with Gasteiger partial charge in [-0.3, -0.25) is 14.0 Å². The summed E-state index contributed by atoms with van der Waals surface area (Å²) in [6, 6.07) is 0. The first-order valence-electron chi connectivity index (χ1n) is 4.35. The summed E-state index contributed by atoms with van der Waals surface area (Å²) in [5.41, 5.74) is 0. The zero-order valence-electron chi connectivity index (χ0n) is 7.85. The largest absolute Gasteiger partial charge is 0.469 e. The predicted molar refractivity (Wildman–Crippen MR) is 46.1 cm³/mol. The number of hydrogen-bond acceptors (Lipinski definition) is 3. The molecule has 0 rings (SSSR count). The SMILES string of the molecule is COC(=O)CC(=O)CCCCCF. The van der Waals surface area contributed by atoms with Crippen LogP contribution < -0.4 is 0 Å². The van der Waals surface area contributed by atoms with Gasteiger partial charge in [0.05, 0.1) is 13.8 Å². The van der Waals surface area contributed by atoms with Crippen molar-refractivity contribution in [1.29, 1.82) is 0 Å². The number of rotatable bonds is 7. The Morgan fingerprint density at radius 1 is 1.23 bits per heavy atom. The third kappa shape index (κ3) is 7.43. The number of ether oxygens (including phenoxy) is 1. The van der Waals surface area contributed by atoms with Crippen molar-refractivity contribution in [2.75, 3.05) is 13.8 Å². The first kappa shape index (κ1) is 12.1. The molecule has 0 aromatic carbocycles. The molecule has 0 amide bonds. The number of Topliss-reactive ketones (excluding diaryl/α,β-unsaturated/α-hetero) is 1. The molecule has 0 radical (unpaired) electrons. The summed E-state index contributed by atoms with van der Waals surface area (Å²) < 4.78 is 16.0. The van der Waals surface area contributed by atoms with Gasteiger partial charge in [0.2, 0.25) is 0 Å². The molecule has 4 heteroatoms. The van der Waals surface area contributed by atoms with Gasteiger partial charge in [0.1, 0.15) is 12.2 Å². The van der Waals surface area contributed by atoms with Crippen LogP contribution in [0, 0.1) is 0 Å². The second-order valence-corrected chi connectivity index (χ2v) is 2.79. The van der Waals surface area contributed by atoms with Gasteiger partial charge in [-0.15, -0.1) is 0 Å². The number of halogens is 1. The Kier molecular flexibility index (Phi) is 7.15. The van der Waals surface area contributed by atoms with Gasteiger partial charge in [0, 0.05) is 6.42 Å². The van der Waals surface area contributed by atoms with E-state index in [0.29, 0.717) is 25.7 Å². The number of methoxy groups -OCH3 is 1. The van der Waals surface area contributed by atoms with Crippen LogP contribution in [-0.4, -0.2) is 25.5 Å². The number of unbranched alkanes of at least 4 members (excludes halogenated alkanes) is 2. The highest BCUT2D eigenvalue weighted by Crippen LogP contribution is 2.03. The van der Waals surface area contributed by atoms with E-state index in [1.807, 2.05) is 0 Å². The Morgan fingerprint density at radius 2 is 1.92 bits per heavy atom. The lowest BCUT2D eigenvalue weighted by molar-refractivity contribution is -0.143. The lowest BCUT2D eigenvalue weighted by Gasteiger charge is -1.98. The molecule has 3 nitrogen and oxygen atoms in total. The van der Waals surface area contributed by atoms with Crippen molar-refractivity contribution in [3.63, 3.8) is 0 Å². The summed E-state index contributed by atoms with van der Waals surface area (Å²) in [5.74, 6) is -0.638. The molecular formula is C9H15FO3. The molecule has 0 spiro atoms. The molecule has 0 unspecified atom stereocenters. The molecule has 0 saturated carbocycles. The maximum Gasteiger partial charge on any atom is 0.313 e. The minimum Gasteiger partial charge on any atom is -0.469 e. The predicted octanol–water partition coefficient (Wildman–Crippen LogP) is 1.65. The molecule has 13 heavy (non-hydrogen) atoms. The van der Waals surface area contributed by atoms with Crippen LogP contribution >= 0.6 is 0 Å². The van der Waals surface area contributed by atoms with E-state index in [1.165, 1.54) is 7.11 Å². The van der Waals surface area contributed by atoms with E-state index in [0.717, 1.165) is 0 Å². The van der Waals surface area contributed by atoms with Crippen molar-refractivity contribution in [2.24, 2.45) is 0 Å². The second-order valence-electron chi connectivity index (χ2n) is 2.79. The van der Waals surface area contributed by atoms with Gasteiger partial charge < -0.3 is 4.74 Å². The van der Waals surface area contributed by atoms with E-state index in [2.05, 4.69) is 4.74 Å². The molecule has 0 aromatic heterocycles. The summed E-state index contributed by atoms with van der Waals surface area (Å²) >= 11 is 0.